The third-order valence-corrected chi connectivity index (χ3v) is 3.88. The molecule has 0 fully saturated rings. The minimum Gasteiger partial charge on any atom is -0.293 e. The zero-order valence-electron chi connectivity index (χ0n) is 13.2. The summed E-state index contributed by atoms with van der Waals surface area (Å²) in [5.74, 6) is 0.852. The van der Waals surface area contributed by atoms with Crippen molar-refractivity contribution < 1.29 is 4.39 Å². The van der Waals surface area contributed by atoms with Gasteiger partial charge in [-0.15, -0.1) is 0 Å². The van der Waals surface area contributed by atoms with E-state index in [9.17, 15) is 4.39 Å². The first-order chi connectivity index (χ1) is 10.5. The van der Waals surface area contributed by atoms with E-state index < -0.39 is 0 Å². The van der Waals surface area contributed by atoms with Gasteiger partial charge in [0.25, 0.3) is 0 Å². The average molecular weight is 322 g/mol. The minimum absolute atomic E-state index is 0.267. The molecule has 0 aliphatic carbocycles. The van der Waals surface area contributed by atoms with Crippen LogP contribution in [0, 0.1) is 5.82 Å². The standard InChI is InChI=1S/C17H21ClFN3/c1-4-22(11-14-15(18)6-5-7-16(14)19)10-13-8-9-20-17(21-13)12(2)3/h5-9,12H,4,10-11H2,1-3H3. The van der Waals surface area contributed by atoms with Gasteiger partial charge in [0.15, 0.2) is 0 Å². The molecule has 0 spiro atoms. The lowest BCUT2D eigenvalue weighted by Crippen LogP contribution is -2.24. The number of hydrogen-bond donors (Lipinski definition) is 0. The summed E-state index contributed by atoms with van der Waals surface area (Å²) < 4.78 is 13.9. The normalized spacial score (nSPS) is 11.4. The molecule has 2 aromatic rings. The molecule has 0 aliphatic rings. The lowest BCUT2D eigenvalue weighted by molar-refractivity contribution is 0.263. The van der Waals surface area contributed by atoms with Crippen molar-refractivity contribution in [2.75, 3.05) is 6.54 Å². The Morgan fingerprint density at radius 3 is 2.64 bits per heavy atom. The van der Waals surface area contributed by atoms with Crippen LogP contribution < -0.4 is 0 Å². The van der Waals surface area contributed by atoms with Gasteiger partial charge in [-0.2, -0.15) is 0 Å². The molecule has 1 heterocycles. The quantitative estimate of drug-likeness (QED) is 0.789. The van der Waals surface area contributed by atoms with Crippen LogP contribution in [-0.2, 0) is 13.1 Å². The van der Waals surface area contributed by atoms with Gasteiger partial charge in [-0.3, -0.25) is 4.90 Å². The van der Waals surface area contributed by atoms with Crippen LogP contribution in [0.15, 0.2) is 30.5 Å². The summed E-state index contributed by atoms with van der Waals surface area (Å²) in [6, 6.07) is 6.68. The van der Waals surface area contributed by atoms with Crippen molar-refractivity contribution in [3.05, 3.63) is 58.4 Å². The van der Waals surface area contributed by atoms with Gasteiger partial charge in [-0.25, -0.2) is 14.4 Å². The Kier molecular flexibility index (Phi) is 5.86. The van der Waals surface area contributed by atoms with Crippen LogP contribution >= 0.6 is 11.6 Å². The highest BCUT2D eigenvalue weighted by atomic mass is 35.5. The van der Waals surface area contributed by atoms with Crippen LogP contribution in [0.25, 0.3) is 0 Å². The molecule has 2 rings (SSSR count). The molecule has 22 heavy (non-hydrogen) atoms. The van der Waals surface area contributed by atoms with Crippen molar-refractivity contribution >= 4 is 11.6 Å². The average Bonchev–Trinajstić information content (AvgIpc) is 2.50. The van der Waals surface area contributed by atoms with Gasteiger partial charge in [0.1, 0.15) is 11.6 Å². The molecule has 0 saturated carbocycles. The molecule has 0 radical (unpaired) electrons. The van der Waals surface area contributed by atoms with Crippen molar-refractivity contribution in [2.45, 2.75) is 39.8 Å². The maximum atomic E-state index is 13.9. The summed E-state index contributed by atoms with van der Waals surface area (Å²) in [5.41, 5.74) is 1.47. The molecule has 1 aromatic carbocycles. The number of aromatic nitrogens is 2. The Balaban J connectivity index is 2.14. The largest absolute Gasteiger partial charge is 0.293 e. The fourth-order valence-electron chi connectivity index (χ4n) is 2.19. The smallest absolute Gasteiger partial charge is 0.131 e. The topological polar surface area (TPSA) is 29.0 Å². The van der Waals surface area contributed by atoms with Crippen LogP contribution in [0.1, 0.15) is 43.8 Å². The minimum atomic E-state index is -0.267. The molecule has 0 atom stereocenters. The van der Waals surface area contributed by atoms with E-state index in [1.165, 1.54) is 6.07 Å². The summed E-state index contributed by atoms with van der Waals surface area (Å²) in [7, 11) is 0. The summed E-state index contributed by atoms with van der Waals surface area (Å²) in [4.78, 5) is 10.9. The van der Waals surface area contributed by atoms with Gasteiger partial charge < -0.3 is 0 Å². The van der Waals surface area contributed by atoms with Crippen molar-refractivity contribution in [3.8, 4) is 0 Å². The van der Waals surface area contributed by atoms with Crippen LogP contribution in [0.4, 0.5) is 4.39 Å². The van der Waals surface area contributed by atoms with Gasteiger partial charge in [0.05, 0.1) is 5.69 Å². The van der Waals surface area contributed by atoms with E-state index in [0.717, 1.165) is 18.1 Å². The number of hydrogen-bond acceptors (Lipinski definition) is 3. The number of halogens is 2. The summed E-state index contributed by atoms with van der Waals surface area (Å²) >= 11 is 6.11. The highest BCUT2D eigenvalue weighted by molar-refractivity contribution is 6.31. The molecule has 0 unspecified atom stereocenters. The molecule has 1 aromatic heterocycles. The van der Waals surface area contributed by atoms with Crippen LogP contribution in [0.3, 0.4) is 0 Å². The Morgan fingerprint density at radius 2 is 2.00 bits per heavy atom. The van der Waals surface area contributed by atoms with Crippen molar-refractivity contribution in [1.82, 2.24) is 14.9 Å². The lowest BCUT2D eigenvalue weighted by atomic mass is 10.2. The molecule has 5 heteroatoms. The molecule has 0 saturated heterocycles. The van der Waals surface area contributed by atoms with Gasteiger partial charge in [-0.1, -0.05) is 38.4 Å². The van der Waals surface area contributed by atoms with Crippen LogP contribution in [0.2, 0.25) is 5.02 Å². The second-order valence-electron chi connectivity index (χ2n) is 5.56. The number of nitrogens with zero attached hydrogens (tertiary/aromatic N) is 3. The first-order valence-corrected chi connectivity index (χ1v) is 7.86. The molecule has 118 valence electrons. The third kappa shape index (κ3) is 4.24. The van der Waals surface area contributed by atoms with Crippen molar-refractivity contribution in [3.63, 3.8) is 0 Å². The molecule has 3 nitrogen and oxygen atoms in total. The predicted molar refractivity (Wildman–Crippen MR) is 87.3 cm³/mol. The predicted octanol–water partition coefficient (Wildman–Crippen LogP) is 4.41. The van der Waals surface area contributed by atoms with E-state index >= 15 is 0 Å². The molecule has 0 amide bonds. The summed E-state index contributed by atoms with van der Waals surface area (Å²) in [6.45, 7) is 8.06. The molecule has 0 N–H and O–H groups in total. The molecule has 0 bridgehead atoms. The molecular formula is C17H21ClFN3. The Labute approximate surface area is 136 Å². The van der Waals surface area contributed by atoms with E-state index in [-0.39, 0.29) is 11.7 Å². The first-order valence-electron chi connectivity index (χ1n) is 7.48. The summed E-state index contributed by atoms with van der Waals surface area (Å²) in [6.07, 6.45) is 1.78. The highest BCUT2D eigenvalue weighted by Gasteiger charge is 2.13. The van der Waals surface area contributed by atoms with Crippen LogP contribution in [-0.4, -0.2) is 21.4 Å². The summed E-state index contributed by atoms with van der Waals surface area (Å²) in [5, 5.41) is 0.462. The second-order valence-corrected chi connectivity index (χ2v) is 5.97. The van der Waals surface area contributed by atoms with E-state index in [2.05, 4.69) is 28.7 Å². The maximum Gasteiger partial charge on any atom is 0.131 e. The third-order valence-electron chi connectivity index (χ3n) is 3.52. The Morgan fingerprint density at radius 1 is 1.23 bits per heavy atom. The van der Waals surface area contributed by atoms with Gasteiger partial charge in [-0.05, 0) is 24.7 Å². The van der Waals surface area contributed by atoms with Gasteiger partial charge in [0, 0.05) is 35.8 Å². The Hall–Kier alpha value is -1.52. The van der Waals surface area contributed by atoms with Crippen LogP contribution in [0.5, 0.6) is 0 Å². The van der Waals surface area contributed by atoms with E-state index in [1.807, 2.05) is 13.0 Å². The van der Waals surface area contributed by atoms with Gasteiger partial charge in [0.2, 0.25) is 0 Å². The van der Waals surface area contributed by atoms with E-state index in [0.29, 0.717) is 23.7 Å². The first kappa shape index (κ1) is 16.8. The SMILES string of the molecule is CCN(Cc1ccnc(C(C)C)n1)Cc1c(F)cccc1Cl. The monoisotopic (exact) mass is 321 g/mol. The number of rotatable bonds is 6. The fourth-order valence-corrected chi connectivity index (χ4v) is 2.42. The zero-order valence-corrected chi connectivity index (χ0v) is 13.9. The lowest BCUT2D eigenvalue weighted by Gasteiger charge is -2.21. The highest BCUT2D eigenvalue weighted by Crippen LogP contribution is 2.21. The zero-order chi connectivity index (χ0) is 16.1. The molecule has 0 aliphatic heterocycles. The van der Waals surface area contributed by atoms with Gasteiger partial charge >= 0.3 is 0 Å². The second kappa shape index (κ2) is 7.65. The van der Waals surface area contributed by atoms with Crippen molar-refractivity contribution in [1.29, 1.82) is 0 Å². The fraction of sp³-hybridized carbons (Fsp3) is 0.412. The van der Waals surface area contributed by atoms with E-state index in [1.54, 1.807) is 18.3 Å². The van der Waals surface area contributed by atoms with Crippen molar-refractivity contribution in [2.24, 2.45) is 0 Å². The Bertz CT molecular complexity index is 611. The maximum absolute atomic E-state index is 13.9. The molecular weight excluding hydrogens is 301 g/mol. The van der Waals surface area contributed by atoms with E-state index in [4.69, 9.17) is 11.6 Å². The number of benzene rings is 1.